The maximum absolute atomic E-state index is 12.8. The number of nitrogens with two attached hydrogens (primary N) is 1. The van der Waals surface area contributed by atoms with Gasteiger partial charge in [-0.15, -0.1) is 0 Å². The molecular weight excluding hydrogens is 268 g/mol. The standard InChI is InChI=1S/C15H22N4O2/c1-17(2)14(20)12-4-3-7-18(12)15(21)13-8-10(16)9-19(13)11-5-6-11/h8-9,11-12H,3-7,16H2,1-2H3. The van der Waals surface area contributed by atoms with E-state index in [2.05, 4.69) is 0 Å². The molecular formula is C15H22N4O2. The van der Waals surface area contributed by atoms with Gasteiger partial charge in [-0.3, -0.25) is 9.59 Å². The van der Waals surface area contributed by atoms with Crippen molar-refractivity contribution in [1.82, 2.24) is 14.4 Å². The number of nitrogens with zero attached hydrogens (tertiary/aromatic N) is 3. The number of carbonyl (C=O) groups excluding carboxylic acids is 2. The zero-order valence-electron chi connectivity index (χ0n) is 12.6. The van der Waals surface area contributed by atoms with Crippen molar-refractivity contribution in [2.45, 2.75) is 37.8 Å². The molecule has 2 fully saturated rings. The van der Waals surface area contributed by atoms with E-state index >= 15 is 0 Å². The van der Waals surface area contributed by atoms with Crippen molar-refractivity contribution >= 4 is 17.5 Å². The fourth-order valence-corrected chi connectivity index (χ4v) is 3.04. The molecule has 6 heteroatoms. The predicted octanol–water partition coefficient (Wildman–Crippen LogP) is 1.10. The second-order valence-corrected chi connectivity index (χ2v) is 6.19. The van der Waals surface area contributed by atoms with E-state index in [-0.39, 0.29) is 17.9 Å². The number of carbonyl (C=O) groups is 2. The molecule has 1 atom stereocenters. The smallest absolute Gasteiger partial charge is 0.271 e. The summed E-state index contributed by atoms with van der Waals surface area (Å²) in [6.45, 7) is 0.638. The second-order valence-electron chi connectivity index (χ2n) is 6.19. The molecule has 2 amide bonds. The van der Waals surface area contributed by atoms with Gasteiger partial charge in [-0.2, -0.15) is 0 Å². The van der Waals surface area contributed by atoms with Crippen LogP contribution in [0.4, 0.5) is 5.69 Å². The summed E-state index contributed by atoms with van der Waals surface area (Å²) >= 11 is 0. The summed E-state index contributed by atoms with van der Waals surface area (Å²) in [6, 6.07) is 1.79. The van der Waals surface area contributed by atoms with Crippen LogP contribution in [0, 0.1) is 0 Å². The Balaban J connectivity index is 1.86. The van der Waals surface area contributed by atoms with Crippen LogP contribution in [0.3, 0.4) is 0 Å². The number of likely N-dealkylation sites (tertiary alicyclic amines) is 1. The molecule has 3 rings (SSSR count). The number of hydrogen-bond acceptors (Lipinski definition) is 3. The van der Waals surface area contributed by atoms with E-state index in [9.17, 15) is 9.59 Å². The molecule has 2 heterocycles. The van der Waals surface area contributed by atoms with Gasteiger partial charge in [0, 0.05) is 32.9 Å². The SMILES string of the molecule is CN(C)C(=O)C1CCCN1C(=O)c1cc(N)cn1C1CC1. The van der Waals surface area contributed by atoms with Crippen molar-refractivity contribution < 1.29 is 9.59 Å². The third kappa shape index (κ3) is 2.50. The van der Waals surface area contributed by atoms with Gasteiger partial charge >= 0.3 is 0 Å². The zero-order valence-corrected chi connectivity index (χ0v) is 12.6. The van der Waals surface area contributed by atoms with Gasteiger partial charge in [0.1, 0.15) is 11.7 Å². The molecule has 0 bridgehead atoms. The van der Waals surface area contributed by atoms with Gasteiger partial charge in [-0.25, -0.2) is 0 Å². The minimum absolute atomic E-state index is 0.00153. The highest BCUT2D eigenvalue weighted by Gasteiger charge is 2.37. The van der Waals surface area contributed by atoms with Gasteiger partial charge in [0.25, 0.3) is 5.91 Å². The van der Waals surface area contributed by atoms with E-state index in [1.165, 1.54) is 0 Å². The molecule has 2 N–H and O–H groups in total. The van der Waals surface area contributed by atoms with Crippen molar-refractivity contribution in [2.75, 3.05) is 26.4 Å². The molecule has 1 saturated carbocycles. The first-order valence-electron chi connectivity index (χ1n) is 7.48. The lowest BCUT2D eigenvalue weighted by atomic mass is 10.2. The van der Waals surface area contributed by atoms with Gasteiger partial charge < -0.3 is 20.1 Å². The van der Waals surface area contributed by atoms with Gasteiger partial charge in [0.2, 0.25) is 5.91 Å². The monoisotopic (exact) mass is 290 g/mol. The topological polar surface area (TPSA) is 71.6 Å². The summed E-state index contributed by atoms with van der Waals surface area (Å²) in [4.78, 5) is 28.3. The highest BCUT2D eigenvalue weighted by atomic mass is 16.2. The van der Waals surface area contributed by atoms with Crippen LogP contribution in [-0.4, -0.2) is 52.9 Å². The van der Waals surface area contributed by atoms with E-state index in [0.29, 0.717) is 24.0 Å². The van der Waals surface area contributed by atoms with Gasteiger partial charge in [-0.1, -0.05) is 0 Å². The number of anilines is 1. The second kappa shape index (κ2) is 5.09. The Kier molecular flexibility index (Phi) is 3.39. The first-order valence-corrected chi connectivity index (χ1v) is 7.48. The Morgan fingerprint density at radius 1 is 1.29 bits per heavy atom. The minimum atomic E-state index is -0.337. The van der Waals surface area contributed by atoms with E-state index in [0.717, 1.165) is 25.7 Å². The quantitative estimate of drug-likeness (QED) is 0.906. The van der Waals surface area contributed by atoms with E-state index < -0.39 is 0 Å². The predicted molar refractivity (Wildman–Crippen MR) is 79.9 cm³/mol. The molecule has 2 aliphatic rings. The maximum Gasteiger partial charge on any atom is 0.271 e. The number of likely N-dealkylation sites (N-methyl/N-ethyl adjacent to an activating group) is 1. The molecule has 0 spiro atoms. The van der Waals surface area contributed by atoms with Crippen LogP contribution in [0.5, 0.6) is 0 Å². The Hall–Kier alpha value is -1.98. The highest BCUT2D eigenvalue weighted by molar-refractivity contribution is 5.97. The summed E-state index contributed by atoms with van der Waals surface area (Å²) in [5.74, 6) is -0.0744. The van der Waals surface area contributed by atoms with Gasteiger partial charge in [0.15, 0.2) is 0 Å². The number of hydrogen-bond donors (Lipinski definition) is 1. The largest absolute Gasteiger partial charge is 0.397 e. The lowest BCUT2D eigenvalue weighted by Gasteiger charge is -2.26. The molecule has 1 saturated heterocycles. The van der Waals surface area contributed by atoms with Crippen molar-refractivity contribution in [2.24, 2.45) is 0 Å². The van der Waals surface area contributed by atoms with Crippen LogP contribution in [-0.2, 0) is 4.79 Å². The zero-order chi connectivity index (χ0) is 15.1. The average Bonchev–Trinajstić information content (AvgIpc) is 3.04. The van der Waals surface area contributed by atoms with Crippen molar-refractivity contribution in [1.29, 1.82) is 0 Å². The first-order chi connectivity index (χ1) is 9.99. The Morgan fingerprint density at radius 3 is 2.62 bits per heavy atom. The average molecular weight is 290 g/mol. The maximum atomic E-state index is 12.8. The van der Waals surface area contributed by atoms with Crippen LogP contribution in [0.15, 0.2) is 12.3 Å². The molecule has 114 valence electrons. The first kappa shape index (κ1) is 14.0. The molecule has 1 aliphatic carbocycles. The molecule has 1 aliphatic heterocycles. The number of rotatable bonds is 3. The van der Waals surface area contributed by atoms with E-state index in [1.54, 1.807) is 30.0 Å². The molecule has 1 aromatic rings. The molecule has 1 aromatic heterocycles. The van der Waals surface area contributed by atoms with E-state index in [1.807, 2.05) is 10.8 Å². The Labute approximate surface area is 124 Å². The summed E-state index contributed by atoms with van der Waals surface area (Å²) in [6.07, 6.45) is 5.63. The Morgan fingerprint density at radius 2 is 2.00 bits per heavy atom. The third-order valence-corrected chi connectivity index (χ3v) is 4.27. The number of amides is 2. The van der Waals surface area contributed by atoms with Gasteiger partial charge in [-0.05, 0) is 31.7 Å². The normalized spacial score (nSPS) is 21.6. The molecule has 0 radical (unpaired) electrons. The van der Waals surface area contributed by atoms with Crippen LogP contribution in [0.1, 0.15) is 42.2 Å². The van der Waals surface area contributed by atoms with Crippen molar-refractivity contribution in [3.05, 3.63) is 18.0 Å². The third-order valence-electron chi connectivity index (χ3n) is 4.27. The minimum Gasteiger partial charge on any atom is -0.397 e. The fourth-order valence-electron chi connectivity index (χ4n) is 3.04. The molecule has 1 unspecified atom stereocenters. The van der Waals surface area contributed by atoms with Crippen molar-refractivity contribution in [3.8, 4) is 0 Å². The van der Waals surface area contributed by atoms with E-state index in [4.69, 9.17) is 5.73 Å². The van der Waals surface area contributed by atoms with Crippen molar-refractivity contribution in [3.63, 3.8) is 0 Å². The number of aromatic nitrogens is 1. The Bertz CT molecular complexity index is 574. The summed E-state index contributed by atoms with van der Waals surface area (Å²) in [5.41, 5.74) is 7.09. The molecule has 0 aromatic carbocycles. The van der Waals surface area contributed by atoms with Crippen LogP contribution in [0.25, 0.3) is 0 Å². The summed E-state index contributed by atoms with van der Waals surface area (Å²) in [5, 5.41) is 0. The molecule has 21 heavy (non-hydrogen) atoms. The number of nitrogen functional groups attached to an aromatic ring is 1. The van der Waals surface area contributed by atoms with Crippen LogP contribution in [0.2, 0.25) is 0 Å². The summed E-state index contributed by atoms with van der Waals surface area (Å²) < 4.78 is 1.98. The van der Waals surface area contributed by atoms with Crippen LogP contribution >= 0.6 is 0 Å². The molecule has 6 nitrogen and oxygen atoms in total. The van der Waals surface area contributed by atoms with Gasteiger partial charge in [0.05, 0.1) is 5.69 Å². The highest BCUT2D eigenvalue weighted by Crippen LogP contribution is 2.37. The van der Waals surface area contributed by atoms with Crippen LogP contribution < -0.4 is 5.73 Å². The lowest BCUT2D eigenvalue weighted by Crippen LogP contribution is -2.45. The lowest BCUT2D eigenvalue weighted by molar-refractivity contribution is -0.132. The summed E-state index contributed by atoms with van der Waals surface area (Å²) in [7, 11) is 3.46. The fraction of sp³-hybridized carbons (Fsp3) is 0.600.